The number of aryl methyl sites for hydroxylation is 1. The van der Waals surface area contributed by atoms with Gasteiger partial charge in [0.1, 0.15) is 17.9 Å². The van der Waals surface area contributed by atoms with E-state index >= 15 is 0 Å². The molecule has 0 aromatic carbocycles. The van der Waals surface area contributed by atoms with E-state index in [0.717, 1.165) is 12.8 Å². The van der Waals surface area contributed by atoms with Crippen LogP contribution in [-0.2, 0) is 0 Å². The fraction of sp³-hybridized carbons (Fsp3) is 0.500. The molecule has 1 aliphatic heterocycles. The summed E-state index contributed by atoms with van der Waals surface area (Å²) >= 11 is 0. The highest BCUT2D eigenvalue weighted by molar-refractivity contribution is 5.94. The maximum Gasteiger partial charge on any atom is 0.257 e. The lowest BCUT2D eigenvalue weighted by atomic mass is 9.96. The molecule has 98 valence electrons. The highest BCUT2D eigenvalue weighted by Crippen LogP contribution is 2.19. The van der Waals surface area contributed by atoms with Crippen molar-refractivity contribution in [3.63, 3.8) is 0 Å². The van der Waals surface area contributed by atoms with Crippen LogP contribution in [0.5, 0.6) is 0 Å². The highest BCUT2D eigenvalue weighted by atomic mass is 16.4. The Morgan fingerprint density at radius 2 is 2.44 bits per heavy atom. The summed E-state index contributed by atoms with van der Waals surface area (Å²) in [5.74, 6) is 0.766. The Kier molecular flexibility index (Phi) is 3.55. The maximum absolute atomic E-state index is 12.2. The summed E-state index contributed by atoms with van der Waals surface area (Å²) in [6.07, 6.45) is 3.15. The van der Waals surface area contributed by atoms with Crippen molar-refractivity contribution in [2.45, 2.75) is 19.8 Å². The predicted octanol–water partition coefficient (Wildman–Crippen LogP) is 1.19. The number of carbonyl (C=O) groups excluding carboxylic acids is 1. The van der Waals surface area contributed by atoms with Crippen LogP contribution in [0.25, 0.3) is 0 Å². The molecule has 3 N–H and O–H groups in total. The van der Waals surface area contributed by atoms with Crippen LogP contribution in [-0.4, -0.2) is 34.9 Å². The van der Waals surface area contributed by atoms with Crippen LogP contribution < -0.4 is 5.73 Å². The molecule has 1 amide bonds. The van der Waals surface area contributed by atoms with Gasteiger partial charge in [-0.05, 0) is 25.8 Å². The van der Waals surface area contributed by atoms with Gasteiger partial charge in [0.2, 0.25) is 0 Å². The zero-order valence-corrected chi connectivity index (χ0v) is 10.3. The second-order valence-corrected chi connectivity index (χ2v) is 4.56. The molecule has 0 aliphatic carbocycles. The molecule has 0 radical (unpaired) electrons. The molecule has 1 aromatic rings. The van der Waals surface area contributed by atoms with Crippen LogP contribution in [0.4, 0.5) is 0 Å². The van der Waals surface area contributed by atoms with E-state index in [9.17, 15) is 4.79 Å². The number of nitrogens with two attached hydrogens (primary N) is 1. The number of amides is 1. The molecule has 6 nitrogen and oxygen atoms in total. The maximum atomic E-state index is 12.2. The van der Waals surface area contributed by atoms with Crippen LogP contribution in [0.1, 0.15) is 29.0 Å². The number of rotatable bonds is 2. The fourth-order valence-corrected chi connectivity index (χ4v) is 2.22. The van der Waals surface area contributed by atoms with Crippen molar-refractivity contribution in [2.75, 3.05) is 13.1 Å². The number of likely N-dealkylation sites (tertiary alicyclic amines) is 1. The van der Waals surface area contributed by atoms with Gasteiger partial charge in [0.15, 0.2) is 0 Å². The van der Waals surface area contributed by atoms with Gasteiger partial charge >= 0.3 is 0 Å². The minimum atomic E-state index is -0.0688. The Balaban J connectivity index is 2.07. The lowest BCUT2D eigenvalue weighted by molar-refractivity contribution is 0.0700. The van der Waals surface area contributed by atoms with Crippen molar-refractivity contribution in [3.8, 4) is 0 Å². The van der Waals surface area contributed by atoms with Gasteiger partial charge in [-0.3, -0.25) is 4.79 Å². The smallest absolute Gasteiger partial charge is 0.257 e. The topological polar surface area (TPSA) is 92.1 Å². The summed E-state index contributed by atoms with van der Waals surface area (Å²) in [4.78, 5) is 13.9. The lowest BCUT2D eigenvalue weighted by Crippen LogP contribution is -2.44. The third kappa shape index (κ3) is 2.47. The summed E-state index contributed by atoms with van der Waals surface area (Å²) in [6, 6.07) is 1.72. The minimum absolute atomic E-state index is 0.0673. The molecule has 2 heterocycles. The molecule has 18 heavy (non-hydrogen) atoms. The van der Waals surface area contributed by atoms with Crippen molar-refractivity contribution >= 4 is 11.7 Å². The van der Waals surface area contributed by atoms with Gasteiger partial charge in [-0.2, -0.15) is 0 Å². The SMILES string of the molecule is Cc1cc(C(=O)N2CCCC(C(N)=NO)C2)co1. The van der Waals surface area contributed by atoms with E-state index in [1.165, 1.54) is 6.26 Å². The van der Waals surface area contributed by atoms with Crippen molar-refractivity contribution < 1.29 is 14.4 Å². The molecule has 0 bridgehead atoms. The van der Waals surface area contributed by atoms with E-state index in [-0.39, 0.29) is 17.7 Å². The van der Waals surface area contributed by atoms with Gasteiger partial charge in [0.05, 0.1) is 5.56 Å². The second kappa shape index (κ2) is 5.12. The molecule has 6 heteroatoms. The zero-order valence-electron chi connectivity index (χ0n) is 10.3. The number of amidine groups is 1. The Bertz CT molecular complexity index is 467. The Labute approximate surface area is 105 Å². The first kappa shape index (κ1) is 12.5. The Hall–Kier alpha value is -1.98. The number of nitrogens with zero attached hydrogens (tertiary/aromatic N) is 2. The van der Waals surface area contributed by atoms with Crippen molar-refractivity contribution in [1.82, 2.24) is 4.90 Å². The number of piperidine rings is 1. The summed E-state index contributed by atoms with van der Waals surface area (Å²) < 4.78 is 5.14. The average molecular weight is 251 g/mol. The predicted molar refractivity (Wildman–Crippen MR) is 65.5 cm³/mol. The summed E-state index contributed by atoms with van der Waals surface area (Å²) in [5, 5.41) is 11.7. The first-order chi connectivity index (χ1) is 8.61. The van der Waals surface area contributed by atoms with Crippen LogP contribution in [0.2, 0.25) is 0 Å². The average Bonchev–Trinajstić information content (AvgIpc) is 2.83. The van der Waals surface area contributed by atoms with Crippen LogP contribution in [0.3, 0.4) is 0 Å². The number of carbonyl (C=O) groups is 1. The molecular formula is C12H17N3O3. The highest BCUT2D eigenvalue weighted by Gasteiger charge is 2.27. The van der Waals surface area contributed by atoms with Gasteiger partial charge in [0, 0.05) is 19.0 Å². The van der Waals surface area contributed by atoms with E-state index < -0.39 is 0 Å². The van der Waals surface area contributed by atoms with E-state index in [2.05, 4.69) is 5.16 Å². The second-order valence-electron chi connectivity index (χ2n) is 4.56. The van der Waals surface area contributed by atoms with E-state index in [0.29, 0.717) is 24.4 Å². The summed E-state index contributed by atoms with van der Waals surface area (Å²) in [5.41, 5.74) is 6.15. The van der Waals surface area contributed by atoms with Gasteiger partial charge in [-0.25, -0.2) is 0 Å². The van der Waals surface area contributed by atoms with Gasteiger partial charge in [-0.15, -0.1) is 0 Å². The van der Waals surface area contributed by atoms with Crippen LogP contribution >= 0.6 is 0 Å². The fourth-order valence-electron chi connectivity index (χ4n) is 2.22. The van der Waals surface area contributed by atoms with Crippen LogP contribution in [0, 0.1) is 12.8 Å². The normalized spacial score (nSPS) is 21.1. The molecule has 0 spiro atoms. The van der Waals surface area contributed by atoms with E-state index in [4.69, 9.17) is 15.4 Å². The van der Waals surface area contributed by atoms with E-state index in [1.54, 1.807) is 17.9 Å². The first-order valence-corrected chi connectivity index (χ1v) is 5.93. The zero-order chi connectivity index (χ0) is 13.1. The van der Waals surface area contributed by atoms with Crippen molar-refractivity contribution in [2.24, 2.45) is 16.8 Å². The molecule has 1 aliphatic rings. The van der Waals surface area contributed by atoms with Gasteiger partial charge in [-0.1, -0.05) is 5.16 Å². The van der Waals surface area contributed by atoms with Crippen LogP contribution in [0.15, 0.2) is 21.9 Å². The number of oxime groups is 1. The minimum Gasteiger partial charge on any atom is -0.469 e. The quantitative estimate of drug-likeness (QED) is 0.357. The third-order valence-corrected chi connectivity index (χ3v) is 3.22. The first-order valence-electron chi connectivity index (χ1n) is 5.93. The van der Waals surface area contributed by atoms with Crippen molar-refractivity contribution in [1.29, 1.82) is 0 Å². The largest absolute Gasteiger partial charge is 0.469 e. The summed E-state index contributed by atoms with van der Waals surface area (Å²) in [6.45, 7) is 2.98. The Morgan fingerprint density at radius 1 is 1.67 bits per heavy atom. The number of hydrogen-bond donors (Lipinski definition) is 2. The van der Waals surface area contributed by atoms with Gasteiger partial charge in [0.25, 0.3) is 5.91 Å². The molecule has 1 atom stereocenters. The number of hydrogen-bond acceptors (Lipinski definition) is 4. The lowest BCUT2D eigenvalue weighted by Gasteiger charge is -2.31. The van der Waals surface area contributed by atoms with Gasteiger partial charge < -0.3 is 20.3 Å². The summed E-state index contributed by atoms with van der Waals surface area (Å²) in [7, 11) is 0. The van der Waals surface area contributed by atoms with Crippen molar-refractivity contribution in [3.05, 3.63) is 23.7 Å². The third-order valence-electron chi connectivity index (χ3n) is 3.22. The molecule has 0 saturated carbocycles. The molecule has 2 rings (SSSR count). The standard InChI is InChI=1S/C12H17N3O3/c1-8-5-10(7-18-8)12(16)15-4-2-3-9(6-15)11(13)14-17/h5,7,9,17H,2-4,6H2,1H3,(H2,13,14). The Morgan fingerprint density at radius 3 is 3.06 bits per heavy atom. The molecular weight excluding hydrogens is 234 g/mol. The molecule has 1 saturated heterocycles. The monoisotopic (exact) mass is 251 g/mol. The van der Waals surface area contributed by atoms with E-state index in [1.807, 2.05) is 0 Å². The molecule has 1 fully saturated rings. The molecule has 1 unspecified atom stereocenters. The number of furan rings is 1. The molecule has 1 aromatic heterocycles.